The van der Waals surface area contributed by atoms with Crippen LogP contribution in [0.2, 0.25) is 5.02 Å². The summed E-state index contributed by atoms with van der Waals surface area (Å²) in [5.74, 6) is 5.20. The van der Waals surface area contributed by atoms with E-state index in [4.69, 9.17) is 25.8 Å². The first-order chi connectivity index (χ1) is 17.8. The summed E-state index contributed by atoms with van der Waals surface area (Å²) in [6, 6.07) is 8.68. The average molecular weight is 544 g/mol. The summed E-state index contributed by atoms with van der Waals surface area (Å²) in [4.78, 5) is 12.8. The molecular weight excluding hydrogens is 518 g/mol. The van der Waals surface area contributed by atoms with E-state index in [1.165, 1.54) is 27.5 Å². The fraction of sp³-hybridized carbons (Fsp3) is 0.250. The molecule has 0 aliphatic rings. The van der Waals surface area contributed by atoms with Crippen molar-refractivity contribution in [1.29, 1.82) is 0 Å². The van der Waals surface area contributed by atoms with Crippen molar-refractivity contribution in [1.82, 2.24) is 29.7 Å². The highest BCUT2D eigenvalue weighted by Gasteiger charge is 2.31. The second-order valence-electron chi connectivity index (χ2n) is 7.89. The highest BCUT2D eigenvalue weighted by molar-refractivity contribution is 8.02. The van der Waals surface area contributed by atoms with Gasteiger partial charge in [-0.25, -0.2) is 9.19 Å². The van der Waals surface area contributed by atoms with Crippen molar-refractivity contribution >= 4 is 33.1 Å². The maximum atomic E-state index is 14.0. The highest BCUT2D eigenvalue weighted by atomic mass is 35.5. The van der Waals surface area contributed by atoms with Crippen LogP contribution in [0, 0.1) is 0 Å². The Bertz CT molecular complexity index is 1440. The molecule has 3 atom stereocenters. The molecule has 0 aromatic carbocycles. The first-order valence-corrected chi connectivity index (χ1v) is 13.2. The smallest absolute Gasteiger partial charge is 0.242 e. The van der Waals surface area contributed by atoms with Gasteiger partial charge in [0.25, 0.3) is 0 Å². The second kappa shape index (κ2) is 11.1. The number of halogens is 1. The zero-order valence-electron chi connectivity index (χ0n) is 20.7. The summed E-state index contributed by atoms with van der Waals surface area (Å²) < 4.78 is 35.4. The lowest BCUT2D eigenvalue weighted by molar-refractivity contribution is 0.0999. The number of pyridine rings is 3. The number of hydrogen-bond acceptors (Lipinski definition) is 9. The topological polar surface area (TPSA) is 126 Å². The molecule has 0 aliphatic carbocycles. The Morgan fingerprint density at radius 1 is 1.05 bits per heavy atom. The second-order valence-corrected chi connectivity index (χ2v) is 10.7. The lowest BCUT2D eigenvalue weighted by Gasteiger charge is -2.26. The standard InChI is InChI=1S/C24H26ClN7O4S/c1-15(21(35-3)18-9-8-17(25)14-28-18)37(5,33)31-24-30-29-22(16-7-6-11-26-13-16)32(24)20-19(34-2)10-12-27-23(20)36-4/h6-15,21H,5H2,1-4H3,(H,30,31,33)/t15-,21-,37?/m1/s1. The van der Waals surface area contributed by atoms with Crippen molar-refractivity contribution in [3.8, 4) is 28.7 Å². The Morgan fingerprint density at radius 3 is 2.49 bits per heavy atom. The van der Waals surface area contributed by atoms with Gasteiger partial charge < -0.3 is 14.2 Å². The molecule has 0 spiro atoms. The number of nitrogens with one attached hydrogen (secondary N) is 1. The van der Waals surface area contributed by atoms with Gasteiger partial charge in [0.05, 0.1) is 39.9 Å². The van der Waals surface area contributed by atoms with Crippen molar-refractivity contribution in [3.63, 3.8) is 0 Å². The number of hydrogen-bond donors (Lipinski definition) is 1. The summed E-state index contributed by atoms with van der Waals surface area (Å²) in [6.07, 6.45) is 5.70. The lowest BCUT2D eigenvalue weighted by atomic mass is 10.2. The van der Waals surface area contributed by atoms with E-state index in [0.717, 1.165) is 0 Å². The minimum Gasteiger partial charge on any atom is -0.494 e. The SMILES string of the molecule is C=S(=O)(Nc1nnc(-c2cccnc2)n1-c1c(OC)ccnc1OC)[C@H](C)[C@@H](OC)c1ccc(Cl)cn1. The van der Waals surface area contributed by atoms with Gasteiger partial charge in [-0.3, -0.25) is 19.3 Å². The monoisotopic (exact) mass is 543 g/mol. The minimum absolute atomic E-state index is 0.134. The van der Waals surface area contributed by atoms with Crippen LogP contribution in [0.25, 0.3) is 17.1 Å². The number of methoxy groups -OCH3 is 3. The molecule has 194 valence electrons. The minimum atomic E-state index is -3.11. The van der Waals surface area contributed by atoms with Gasteiger partial charge >= 0.3 is 0 Å². The Balaban J connectivity index is 1.83. The first-order valence-electron chi connectivity index (χ1n) is 11.0. The Labute approximate surface area is 220 Å². The van der Waals surface area contributed by atoms with Crippen molar-refractivity contribution in [2.24, 2.45) is 0 Å². The maximum absolute atomic E-state index is 14.0. The van der Waals surface area contributed by atoms with Crippen LogP contribution in [0.1, 0.15) is 18.7 Å². The Kier molecular flexibility index (Phi) is 7.91. The van der Waals surface area contributed by atoms with Gasteiger partial charge in [-0.05, 0) is 37.1 Å². The fourth-order valence-electron chi connectivity index (χ4n) is 3.74. The van der Waals surface area contributed by atoms with Crippen molar-refractivity contribution in [3.05, 3.63) is 65.8 Å². The third-order valence-corrected chi connectivity index (χ3v) is 7.86. The van der Waals surface area contributed by atoms with Gasteiger partial charge in [0.1, 0.15) is 11.9 Å². The first kappa shape index (κ1) is 26.3. The van der Waals surface area contributed by atoms with E-state index in [2.05, 4.69) is 35.7 Å². The van der Waals surface area contributed by atoms with Crippen LogP contribution in [0.5, 0.6) is 11.6 Å². The van der Waals surface area contributed by atoms with E-state index in [0.29, 0.717) is 33.5 Å². The zero-order chi connectivity index (χ0) is 26.6. The molecule has 0 amide bonds. The van der Waals surface area contributed by atoms with Crippen molar-refractivity contribution in [2.75, 3.05) is 26.1 Å². The largest absolute Gasteiger partial charge is 0.494 e. The molecule has 0 aliphatic heterocycles. The van der Waals surface area contributed by atoms with Crippen LogP contribution in [-0.4, -0.2) is 66.4 Å². The molecule has 13 heteroatoms. The van der Waals surface area contributed by atoms with E-state index in [1.54, 1.807) is 54.3 Å². The fourth-order valence-corrected chi connectivity index (χ4v) is 5.13. The van der Waals surface area contributed by atoms with E-state index >= 15 is 0 Å². The van der Waals surface area contributed by atoms with Crippen LogP contribution in [0.15, 0.2) is 55.1 Å². The van der Waals surface area contributed by atoms with Crippen molar-refractivity contribution in [2.45, 2.75) is 18.3 Å². The predicted molar refractivity (Wildman–Crippen MR) is 143 cm³/mol. The normalized spacial score (nSPS) is 14.4. The Morgan fingerprint density at radius 2 is 1.86 bits per heavy atom. The molecule has 0 fully saturated rings. The van der Waals surface area contributed by atoms with Gasteiger partial charge in [-0.15, -0.1) is 10.2 Å². The maximum Gasteiger partial charge on any atom is 0.242 e. The van der Waals surface area contributed by atoms with Crippen LogP contribution < -0.4 is 14.2 Å². The molecule has 1 unspecified atom stereocenters. The average Bonchev–Trinajstić information content (AvgIpc) is 3.32. The van der Waals surface area contributed by atoms with Gasteiger partial charge in [-0.2, -0.15) is 0 Å². The quantitative estimate of drug-likeness (QED) is 0.298. The van der Waals surface area contributed by atoms with Gasteiger partial charge in [0, 0.05) is 43.5 Å². The molecule has 0 radical (unpaired) electrons. The van der Waals surface area contributed by atoms with E-state index in [1.807, 2.05) is 6.07 Å². The Hall–Kier alpha value is -3.74. The van der Waals surface area contributed by atoms with Gasteiger partial charge in [0.15, 0.2) is 11.5 Å². The number of nitrogens with zero attached hydrogens (tertiary/aromatic N) is 6. The van der Waals surface area contributed by atoms with Crippen molar-refractivity contribution < 1.29 is 18.4 Å². The number of ether oxygens (including phenoxy) is 3. The van der Waals surface area contributed by atoms with Crippen LogP contribution >= 0.6 is 11.6 Å². The molecule has 4 aromatic rings. The lowest BCUT2D eigenvalue weighted by Crippen LogP contribution is -2.33. The molecule has 11 nitrogen and oxygen atoms in total. The summed E-state index contributed by atoms with van der Waals surface area (Å²) in [5.41, 5.74) is 1.62. The summed E-state index contributed by atoms with van der Waals surface area (Å²) in [5, 5.41) is 8.49. The van der Waals surface area contributed by atoms with E-state index < -0.39 is 21.1 Å². The molecule has 4 aromatic heterocycles. The third-order valence-electron chi connectivity index (χ3n) is 5.66. The number of aromatic nitrogens is 6. The van der Waals surface area contributed by atoms with Crippen LogP contribution in [0.3, 0.4) is 0 Å². The summed E-state index contributed by atoms with van der Waals surface area (Å²) >= 11 is 5.98. The van der Waals surface area contributed by atoms with Crippen LogP contribution in [0.4, 0.5) is 5.95 Å². The summed E-state index contributed by atoms with van der Waals surface area (Å²) in [6.45, 7) is 1.75. The highest BCUT2D eigenvalue weighted by Crippen LogP contribution is 2.36. The number of rotatable bonds is 10. The molecule has 0 saturated carbocycles. The third kappa shape index (κ3) is 5.36. The predicted octanol–water partition coefficient (Wildman–Crippen LogP) is 3.61. The molecule has 0 saturated heterocycles. The van der Waals surface area contributed by atoms with Gasteiger partial charge in [0.2, 0.25) is 11.8 Å². The molecule has 4 rings (SSSR count). The molecule has 37 heavy (non-hydrogen) atoms. The van der Waals surface area contributed by atoms with E-state index in [-0.39, 0.29) is 11.8 Å². The zero-order valence-corrected chi connectivity index (χ0v) is 22.2. The molecule has 0 bridgehead atoms. The summed E-state index contributed by atoms with van der Waals surface area (Å²) in [7, 11) is 1.41. The molecule has 4 heterocycles. The molecule has 1 N–H and O–H groups in total. The van der Waals surface area contributed by atoms with Gasteiger partial charge in [-0.1, -0.05) is 11.6 Å². The van der Waals surface area contributed by atoms with E-state index in [9.17, 15) is 4.21 Å². The van der Waals surface area contributed by atoms with Crippen LogP contribution in [-0.2, 0) is 14.4 Å². The molecular formula is C24H26ClN7O4S. The number of anilines is 1.